The van der Waals surface area contributed by atoms with Gasteiger partial charge in [-0.3, -0.25) is 9.63 Å². The maximum atomic E-state index is 11.9. The highest BCUT2D eigenvalue weighted by Crippen LogP contribution is 2.14. The summed E-state index contributed by atoms with van der Waals surface area (Å²) in [5.74, 6) is 0.234. The summed E-state index contributed by atoms with van der Waals surface area (Å²) in [5.41, 5.74) is 5.29. The Morgan fingerprint density at radius 2 is 1.70 bits per heavy atom. The van der Waals surface area contributed by atoms with Gasteiger partial charge in [0.25, 0.3) is 5.91 Å². The third-order valence-corrected chi connectivity index (χ3v) is 3.09. The number of rotatable bonds is 5. The van der Waals surface area contributed by atoms with E-state index in [-0.39, 0.29) is 5.91 Å². The first kappa shape index (κ1) is 14.3. The number of hydrogen-bond acceptors (Lipinski definition) is 2. The number of carbonyl (C=O) groups excluding carboxylic acids is 1. The Bertz CT molecular complexity index is 547. The molecule has 2 aromatic carbocycles. The minimum atomic E-state index is -0.226. The van der Waals surface area contributed by atoms with Crippen LogP contribution in [0, 0.1) is 0 Å². The topological polar surface area (TPSA) is 38.3 Å². The van der Waals surface area contributed by atoms with Gasteiger partial charge in [-0.05, 0) is 29.2 Å². The lowest BCUT2D eigenvalue weighted by molar-refractivity contribution is 0.0233. The third kappa shape index (κ3) is 3.93. The smallest absolute Gasteiger partial charge is 0.269 e. The highest BCUT2D eigenvalue weighted by Gasteiger charge is 2.06. The fourth-order valence-corrected chi connectivity index (χ4v) is 1.84. The molecule has 0 aliphatic carbocycles. The van der Waals surface area contributed by atoms with Crippen LogP contribution >= 0.6 is 0 Å². The van der Waals surface area contributed by atoms with Crippen LogP contribution in [0.1, 0.15) is 41.3 Å². The summed E-state index contributed by atoms with van der Waals surface area (Å²) in [6, 6.07) is 17.3. The van der Waals surface area contributed by atoms with Crippen LogP contribution in [0.4, 0.5) is 0 Å². The van der Waals surface area contributed by atoms with Gasteiger partial charge < -0.3 is 0 Å². The molecule has 0 aliphatic heterocycles. The van der Waals surface area contributed by atoms with Gasteiger partial charge in [-0.2, -0.15) is 0 Å². The second-order valence-corrected chi connectivity index (χ2v) is 4.98. The van der Waals surface area contributed by atoms with Crippen LogP contribution in [-0.4, -0.2) is 5.91 Å². The summed E-state index contributed by atoms with van der Waals surface area (Å²) in [6.07, 6.45) is 0. The zero-order valence-electron chi connectivity index (χ0n) is 11.8. The van der Waals surface area contributed by atoms with E-state index in [2.05, 4.69) is 19.3 Å². The molecule has 0 saturated carbocycles. The van der Waals surface area contributed by atoms with E-state index in [4.69, 9.17) is 4.84 Å². The van der Waals surface area contributed by atoms with Crippen molar-refractivity contribution in [2.75, 3.05) is 0 Å². The first-order chi connectivity index (χ1) is 9.66. The highest BCUT2D eigenvalue weighted by molar-refractivity contribution is 5.93. The fraction of sp³-hybridized carbons (Fsp3) is 0.235. The van der Waals surface area contributed by atoms with Gasteiger partial charge in [0.2, 0.25) is 0 Å². The molecule has 0 saturated heterocycles. The van der Waals surface area contributed by atoms with E-state index in [1.807, 2.05) is 54.6 Å². The SMILES string of the molecule is CC(C)c1ccc(C(=O)NOCc2ccccc2)cc1. The van der Waals surface area contributed by atoms with Crippen LogP contribution in [-0.2, 0) is 11.4 Å². The minimum absolute atomic E-state index is 0.226. The summed E-state index contributed by atoms with van der Waals surface area (Å²) < 4.78 is 0. The second-order valence-electron chi connectivity index (χ2n) is 4.98. The average molecular weight is 269 g/mol. The summed E-state index contributed by atoms with van der Waals surface area (Å²) in [6.45, 7) is 4.60. The average Bonchev–Trinajstić information content (AvgIpc) is 2.48. The quantitative estimate of drug-likeness (QED) is 0.841. The molecule has 0 radical (unpaired) electrons. The van der Waals surface area contributed by atoms with Crippen LogP contribution in [0.15, 0.2) is 54.6 Å². The molecule has 0 aromatic heterocycles. The Labute approximate surface area is 119 Å². The molecule has 104 valence electrons. The monoisotopic (exact) mass is 269 g/mol. The highest BCUT2D eigenvalue weighted by atomic mass is 16.6. The fourth-order valence-electron chi connectivity index (χ4n) is 1.84. The van der Waals surface area contributed by atoms with Crippen molar-refractivity contribution in [1.29, 1.82) is 0 Å². The van der Waals surface area contributed by atoms with Crippen molar-refractivity contribution in [3.63, 3.8) is 0 Å². The maximum absolute atomic E-state index is 11.9. The van der Waals surface area contributed by atoms with Crippen molar-refractivity contribution >= 4 is 5.91 Å². The number of carbonyl (C=O) groups is 1. The second kappa shape index (κ2) is 6.87. The van der Waals surface area contributed by atoms with E-state index in [0.29, 0.717) is 18.1 Å². The van der Waals surface area contributed by atoms with Gasteiger partial charge in [-0.1, -0.05) is 56.3 Å². The lowest BCUT2D eigenvalue weighted by atomic mass is 10.0. The number of amides is 1. The van der Waals surface area contributed by atoms with Gasteiger partial charge in [0, 0.05) is 5.56 Å². The molecule has 0 unspecified atom stereocenters. The molecular weight excluding hydrogens is 250 g/mol. The molecule has 0 heterocycles. The molecule has 1 amide bonds. The van der Waals surface area contributed by atoms with Crippen molar-refractivity contribution in [1.82, 2.24) is 5.48 Å². The normalized spacial score (nSPS) is 10.6. The molecular formula is C17H19NO2. The Morgan fingerprint density at radius 1 is 1.05 bits per heavy atom. The van der Waals surface area contributed by atoms with Crippen LogP contribution in [0.5, 0.6) is 0 Å². The molecule has 2 aromatic rings. The third-order valence-electron chi connectivity index (χ3n) is 3.09. The number of hydrogen-bond donors (Lipinski definition) is 1. The summed E-state index contributed by atoms with van der Waals surface area (Å²) in [5, 5.41) is 0. The Balaban J connectivity index is 1.85. The predicted octanol–water partition coefficient (Wildman–Crippen LogP) is 3.67. The predicted molar refractivity (Wildman–Crippen MR) is 79.2 cm³/mol. The van der Waals surface area contributed by atoms with Gasteiger partial charge >= 0.3 is 0 Å². The molecule has 0 atom stereocenters. The molecule has 0 spiro atoms. The Morgan fingerprint density at radius 3 is 2.30 bits per heavy atom. The molecule has 0 fully saturated rings. The van der Waals surface area contributed by atoms with Crippen molar-refractivity contribution in [2.45, 2.75) is 26.4 Å². The maximum Gasteiger partial charge on any atom is 0.274 e. The lowest BCUT2D eigenvalue weighted by Crippen LogP contribution is -2.23. The van der Waals surface area contributed by atoms with E-state index >= 15 is 0 Å². The molecule has 2 rings (SSSR count). The molecule has 3 heteroatoms. The summed E-state index contributed by atoms with van der Waals surface area (Å²) in [4.78, 5) is 17.1. The first-order valence-corrected chi connectivity index (χ1v) is 6.73. The lowest BCUT2D eigenvalue weighted by Gasteiger charge is -2.08. The van der Waals surface area contributed by atoms with Crippen LogP contribution < -0.4 is 5.48 Å². The van der Waals surface area contributed by atoms with Gasteiger partial charge in [0.05, 0.1) is 6.61 Å². The van der Waals surface area contributed by atoms with E-state index in [1.54, 1.807) is 0 Å². The van der Waals surface area contributed by atoms with Crippen molar-refractivity contribution in [3.8, 4) is 0 Å². The minimum Gasteiger partial charge on any atom is -0.269 e. The van der Waals surface area contributed by atoms with Crippen molar-refractivity contribution in [3.05, 3.63) is 71.3 Å². The van der Waals surface area contributed by atoms with E-state index in [0.717, 1.165) is 5.56 Å². The number of benzene rings is 2. The van der Waals surface area contributed by atoms with Gasteiger partial charge in [-0.15, -0.1) is 0 Å². The standard InChI is InChI=1S/C17H19NO2/c1-13(2)15-8-10-16(11-9-15)17(19)18-20-12-14-6-4-3-5-7-14/h3-11,13H,12H2,1-2H3,(H,18,19). The molecule has 3 nitrogen and oxygen atoms in total. The Kier molecular flexibility index (Phi) is 4.91. The zero-order valence-corrected chi connectivity index (χ0v) is 11.8. The number of hydroxylamine groups is 1. The van der Waals surface area contributed by atoms with Crippen LogP contribution in [0.3, 0.4) is 0 Å². The van der Waals surface area contributed by atoms with E-state index in [9.17, 15) is 4.79 Å². The molecule has 20 heavy (non-hydrogen) atoms. The zero-order chi connectivity index (χ0) is 14.4. The Hall–Kier alpha value is -2.13. The number of nitrogens with one attached hydrogen (secondary N) is 1. The van der Waals surface area contributed by atoms with Crippen molar-refractivity contribution in [2.24, 2.45) is 0 Å². The van der Waals surface area contributed by atoms with Crippen LogP contribution in [0.25, 0.3) is 0 Å². The van der Waals surface area contributed by atoms with E-state index < -0.39 is 0 Å². The molecule has 1 N–H and O–H groups in total. The van der Waals surface area contributed by atoms with Gasteiger partial charge in [0.1, 0.15) is 0 Å². The molecule has 0 aliphatic rings. The summed E-state index contributed by atoms with van der Waals surface area (Å²) in [7, 11) is 0. The van der Waals surface area contributed by atoms with Gasteiger partial charge in [-0.25, -0.2) is 5.48 Å². The first-order valence-electron chi connectivity index (χ1n) is 6.73. The van der Waals surface area contributed by atoms with E-state index in [1.165, 1.54) is 5.56 Å². The largest absolute Gasteiger partial charge is 0.274 e. The van der Waals surface area contributed by atoms with Gasteiger partial charge in [0.15, 0.2) is 0 Å². The van der Waals surface area contributed by atoms with Crippen molar-refractivity contribution < 1.29 is 9.63 Å². The van der Waals surface area contributed by atoms with Crippen LogP contribution in [0.2, 0.25) is 0 Å². The summed E-state index contributed by atoms with van der Waals surface area (Å²) >= 11 is 0. The molecule has 0 bridgehead atoms.